The van der Waals surface area contributed by atoms with E-state index in [1.807, 2.05) is 6.92 Å². The van der Waals surface area contributed by atoms with Gasteiger partial charge >= 0.3 is 6.18 Å². The maximum atomic E-state index is 12.6. The Hall–Kier alpha value is -2.04. The molecule has 0 unspecified atom stereocenters. The highest BCUT2D eigenvalue weighted by atomic mass is 19.4. The van der Waals surface area contributed by atoms with Gasteiger partial charge in [0.15, 0.2) is 0 Å². The van der Waals surface area contributed by atoms with Gasteiger partial charge in [0.2, 0.25) is 0 Å². The lowest BCUT2D eigenvalue weighted by Gasteiger charge is -2.10. The Morgan fingerprint density at radius 3 is 2.17 bits per heavy atom. The fourth-order valence-corrected chi connectivity index (χ4v) is 1.57. The number of nitrogen functional groups attached to an aromatic ring is 1. The molecule has 0 fully saturated rings. The number of hydrogen-bond donors (Lipinski definition) is 1. The fraction of sp³-hybridized carbons (Fsp3) is 0.154. The molecule has 2 N–H and O–H groups in total. The normalized spacial score (nSPS) is 11.6. The van der Waals surface area contributed by atoms with E-state index >= 15 is 0 Å². The first kappa shape index (κ1) is 12.4. The summed E-state index contributed by atoms with van der Waals surface area (Å²) in [5.74, 6) is 0. The molecule has 0 bridgehead atoms. The Morgan fingerprint density at radius 2 is 1.61 bits per heavy atom. The van der Waals surface area contributed by atoms with Gasteiger partial charge in [0.25, 0.3) is 0 Å². The van der Waals surface area contributed by atoms with Crippen LogP contribution in [-0.4, -0.2) is 4.98 Å². The van der Waals surface area contributed by atoms with Crippen LogP contribution in [0, 0.1) is 6.92 Å². The van der Waals surface area contributed by atoms with Crippen molar-refractivity contribution in [2.45, 2.75) is 13.1 Å². The summed E-state index contributed by atoms with van der Waals surface area (Å²) in [4.78, 5) is 3.59. The zero-order valence-corrected chi connectivity index (χ0v) is 9.62. The zero-order valence-electron chi connectivity index (χ0n) is 9.62. The number of halogens is 3. The van der Waals surface area contributed by atoms with Gasteiger partial charge < -0.3 is 5.73 Å². The van der Waals surface area contributed by atoms with Crippen molar-refractivity contribution < 1.29 is 13.2 Å². The molecule has 0 atom stereocenters. The average Bonchev–Trinajstić information content (AvgIpc) is 2.29. The molecule has 0 saturated heterocycles. The number of hydrogen-bond acceptors (Lipinski definition) is 2. The van der Waals surface area contributed by atoms with Gasteiger partial charge in [0, 0.05) is 5.56 Å². The summed E-state index contributed by atoms with van der Waals surface area (Å²) in [5, 5.41) is 0. The second kappa shape index (κ2) is 4.33. The molecule has 1 heterocycles. The molecule has 0 radical (unpaired) electrons. The number of benzene rings is 1. The Balaban J connectivity index is 2.53. The summed E-state index contributed by atoms with van der Waals surface area (Å²) in [7, 11) is 0. The zero-order chi connectivity index (χ0) is 13.3. The molecule has 2 rings (SSSR count). The molecule has 1 aromatic heterocycles. The number of pyridine rings is 1. The van der Waals surface area contributed by atoms with Crippen LogP contribution in [0.1, 0.15) is 11.3 Å². The summed E-state index contributed by atoms with van der Waals surface area (Å²) in [5.41, 5.74) is 6.71. The lowest BCUT2D eigenvalue weighted by molar-refractivity contribution is -0.141. The Labute approximate surface area is 102 Å². The molecule has 0 aliphatic rings. The standard InChI is InChI=1S/C13H11F3N2/c1-8-2-4-9(5-3-8)12-10(17)6-7-11(18-12)13(14,15)16/h2-7H,17H2,1H3. The molecule has 2 aromatic rings. The van der Waals surface area contributed by atoms with Gasteiger partial charge in [-0.2, -0.15) is 13.2 Å². The topological polar surface area (TPSA) is 38.9 Å². The summed E-state index contributed by atoms with van der Waals surface area (Å²) in [6.45, 7) is 1.90. The van der Waals surface area contributed by atoms with Crippen LogP contribution in [0.3, 0.4) is 0 Å². The van der Waals surface area contributed by atoms with Crippen LogP contribution < -0.4 is 5.73 Å². The molecule has 18 heavy (non-hydrogen) atoms. The number of rotatable bonds is 1. The summed E-state index contributed by atoms with van der Waals surface area (Å²) < 4.78 is 37.7. The Bertz CT molecular complexity index is 559. The van der Waals surface area contributed by atoms with Crippen molar-refractivity contribution in [3.8, 4) is 11.3 Å². The number of anilines is 1. The van der Waals surface area contributed by atoms with E-state index in [2.05, 4.69) is 4.98 Å². The van der Waals surface area contributed by atoms with E-state index in [-0.39, 0.29) is 11.4 Å². The maximum absolute atomic E-state index is 12.6. The number of aromatic nitrogens is 1. The third kappa shape index (κ3) is 2.45. The minimum atomic E-state index is -4.47. The molecule has 0 saturated carbocycles. The second-order valence-corrected chi connectivity index (χ2v) is 4.00. The van der Waals surface area contributed by atoms with E-state index in [1.165, 1.54) is 6.07 Å². The van der Waals surface area contributed by atoms with E-state index in [0.29, 0.717) is 5.56 Å². The Morgan fingerprint density at radius 1 is 1.00 bits per heavy atom. The monoisotopic (exact) mass is 252 g/mol. The highest BCUT2D eigenvalue weighted by Crippen LogP contribution is 2.32. The van der Waals surface area contributed by atoms with Crippen LogP contribution in [0.25, 0.3) is 11.3 Å². The van der Waals surface area contributed by atoms with Gasteiger partial charge in [-0.25, -0.2) is 4.98 Å². The van der Waals surface area contributed by atoms with Crippen LogP contribution in [0.5, 0.6) is 0 Å². The van der Waals surface area contributed by atoms with E-state index in [0.717, 1.165) is 11.6 Å². The van der Waals surface area contributed by atoms with E-state index in [4.69, 9.17) is 5.73 Å². The largest absolute Gasteiger partial charge is 0.433 e. The molecule has 0 aliphatic carbocycles. The van der Waals surface area contributed by atoms with Crippen molar-refractivity contribution >= 4 is 5.69 Å². The maximum Gasteiger partial charge on any atom is 0.433 e. The predicted octanol–water partition coefficient (Wildman–Crippen LogP) is 3.66. The lowest BCUT2D eigenvalue weighted by Crippen LogP contribution is -2.09. The predicted molar refractivity (Wildman–Crippen MR) is 63.8 cm³/mol. The van der Waals surface area contributed by atoms with Crippen LogP contribution in [0.4, 0.5) is 18.9 Å². The third-order valence-corrected chi connectivity index (χ3v) is 2.54. The number of nitrogens with zero attached hydrogens (tertiary/aromatic N) is 1. The number of aryl methyl sites for hydroxylation is 1. The summed E-state index contributed by atoms with van der Waals surface area (Å²) in [6, 6.07) is 9.12. The van der Waals surface area contributed by atoms with Gasteiger partial charge in [0.05, 0.1) is 11.4 Å². The molecule has 2 nitrogen and oxygen atoms in total. The SMILES string of the molecule is Cc1ccc(-c2nc(C(F)(F)F)ccc2N)cc1. The summed E-state index contributed by atoms with van der Waals surface area (Å²) in [6.07, 6.45) is -4.47. The van der Waals surface area contributed by atoms with E-state index in [9.17, 15) is 13.2 Å². The highest BCUT2D eigenvalue weighted by Gasteiger charge is 2.32. The van der Waals surface area contributed by atoms with Crippen LogP contribution in [0.2, 0.25) is 0 Å². The van der Waals surface area contributed by atoms with Crippen molar-refractivity contribution in [2.24, 2.45) is 0 Å². The molecule has 1 aromatic carbocycles. The van der Waals surface area contributed by atoms with Crippen molar-refractivity contribution in [3.05, 3.63) is 47.7 Å². The summed E-state index contributed by atoms with van der Waals surface area (Å²) >= 11 is 0. The van der Waals surface area contributed by atoms with Gasteiger partial charge in [-0.05, 0) is 19.1 Å². The first-order valence-electron chi connectivity index (χ1n) is 5.28. The number of nitrogens with two attached hydrogens (primary N) is 1. The van der Waals surface area contributed by atoms with Crippen LogP contribution in [0.15, 0.2) is 36.4 Å². The van der Waals surface area contributed by atoms with E-state index in [1.54, 1.807) is 24.3 Å². The van der Waals surface area contributed by atoms with Crippen molar-refractivity contribution in [2.75, 3.05) is 5.73 Å². The minimum Gasteiger partial charge on any atom is -0.397 e. The lowest BCUT2D eigenvalue weighted by atomic mass is 10.1. The quantitative estimate of drug-likeness (QED) is 0.841. The molecular formula is C13H11F3N2. The van der Waals surface area contributed by atoms with Gasteiger partial charge in [-0.3, -0.25) is 0 Å². The first-order valence-corrected chi connectivity index (χ1v) is 5.28. The number of alkyl halides is 3. The minimum absolute atomic E-state index is 0.157. The molecule has 0 aliphatic heterocycles. The van der Waals surface area contributed by atoms with Crippen molar-refractivity contribution in [1.82, 2.24) is 4.98 Å². The smallest absolute Gasteiger partial charge is 0.397 e. The van der Waals surface area contributed by atoms with E-state index < -0.39 is 11.9 Å². The van der Waals surface area contributed by atoms with Crippen molar-refractivity contribution in [3.63, 3.8) is 0 Å². The highest BCUT2D eigenvalue weighted by molar-refractivity contribution is 5.72. The van der Waals surface area contributed by atoms with Crippen molar-refractivity contribution in [1.29, 1.82) is 0 Å². The molecule has 94 valence electrons. The molecular weight excluding hydrogens is 241 g/mol. The van der Waals surface area contributed by atoms with Gasteiger partial charge in [-0.15, -0.1) is 0 Å². The van der Waals surface area contributed by atoms with Gasteiger partial charge in [0.1, 0.15) is 5.69 Å². The fourth-order valence-electron chi connectivity index (χ4n) is 1.57. The van der Waals surface area contributed by atoms with Crippen LogP contribution >= 0.6 is 0 Å². The molecule has 0 spiro atoms. The van der Waals surface area contributed by atoms with Gasteiger partial charge in [-0.1, -0.05) is 29.8 Å². The first-order chi connectivity index (χ1) is 8.38. The second-order valence-electron chi connectivity index (χ2n) is 4.00. The van der Waals surface area contributed by atoms with Crippen LogP contribution in [-0.2, 0) is 6.18 Å². The average molecular weight is 252 g/mol. The Kier molecular flexibility index (Phi) is 2.98. The molecule has 0 amide bonds. The molecule has 5 heteroatoms. The third-order valence-electron chi connectivity index (χ3n) is 2.54.